The summed E-state index contributed by atoms with van der Waals surface area (Å²) < 4.78 is 0. The Bertz CT molecular complexity index is 295. The van der Waals surface area contributed by atoms with Gasteiger partial charge in [0.1, 0.15) is 5.60 Å². The second-order valence-electron chi connectivity index (χ2n) is 7.86. The Morgan fingerprint density at radius 3 is 1.28 bits per heavy atom. The Morgan fingerprint density at radius 2 is 1.06 bits per heavy atom. The third-order valence-corrected chi connectivity index (χ3v) is 3.19. The molecule has 0 aromatic carbocycles. The molecule has 0 heterocycles. The van der Waals surface area contributed by atoms with E-state index in [2.05, 4.69) is 81.2 Å². The second-order valence-corrected chi connectivity index (χ2v) is 7.86. The highest BCUT2D eigenvalue weighted by molar-refractivity contribution is 5.17. The van der Waals surface area contributed by atoms with Crippen molar-refractivity contribution in [1.29, 1.82) is 0 Å². The zero-order valence-corrected chi connectivity index (χ0v) is 14.4. The summed E-state index contributed by atoms with van der Waals surface area (Å²) in [5.41, 5.74) is 2.28. The summed E-state index contributed by atoms with van der Waals surface area (Å²) in [6.07, 6.45) is 0. The van der Waals surface area contributed by atoms with E-state index in [1.807, 2.05) is 0 Å². The molecule has 0 rings (SSSR count). The van der Waals surface area contributed by atoms with Gasteiger partial charge in [0.25, 0.3) is 0 Å². The predicted molar refractivity (Wildman–Crippen MR) is 80.6 cm³/mol. The summed E-state index contributed by atoms with van der Waals surface area (Å²) in [7, 11) is 0. The van der Waals surface area contributed by atoms with Crippen LogP contribution < -0.4 is 0 Å². The van der Waals surface area contributed by atoms with E-state index in [-0.39, 0.29) is 16.7 Å². The summed E-state index contributed by atoms with van der Waals surface area (Å²) >= 11 is 0. The quantitative estimate of drug-likeness (QED) is 0.522. The molecule has 2 nitrogen and oxygen atoms in total. The molecule has 0 spiro atoms. The number of hydrogen-bond acceptors (Lipinski definition) is 2. The van der Waals surface area contributed by atoms with E-state index in [0.29, 0.717) is 0 Å². The topological polar surface area (TPSA) is 12.5 Å². The van der Waals surface area contributed by atoms with Crippen LogP contribution in [0.3, 0.4) is 0 Å². The molecule has 0 bridgehead atoms. The van der Waals surface area contributed by atoms with E-state index in [1.165, 1.54) is 11.1 Å². The van der Waals surface area contributed by atoms with Crippen LogP contribution in [-0.4, -0.2) is 21.7 Å². The van der Waals surface area contributed by atoms with Gasteiger partial charge in [-0.2, -0.15) is 5.06 Å². The van der Waals surface area contributed by atoms with Crippen LogP contribution in [0.5, 0.6) is 0 Å². The molecule has 0 radical (unpaired) electrons. The Balaban J connectivity index is 5.32. The summed E-state index contributed by atoms with van der Waals surface area (Å²) in [5.74, 6) is 0. The van der Waals surface area contributed by atoms with E-state index in [1.54, 1.807) is 0 Å². The molecule has 0 aliphatic carbocycles. The van der Waals surface area contributed by atoms with Crippen LogP contribution in [0.25, 0.3) is 0 Å². The monoisotopic (exact) mass is 255 g/mol. The molecular formula is C16H33NO. The largest absolute Gasteiger partial charge is 0.288 e. The molecule has 0 N–H and O–H groups in total. The Morgan fingerprint density at radius 1 is 0.722 bits per heavy atom. The number of hydrogen-bond donors (Lipinski definition) is 0. The highest BCUT2D eigenvalue weighted by Gasteiger charge is 2.37. The molecule has 0 amide bonds. The molecule has 18 heavy (non-hydrogen) atoms. The number of nitrogens with zero attached hydrogens (tertiary/aromatic N) is 1. The Labute approximate surface area is 114 Å². The van der Waals surface area contributed by atoms with Crippen molar-refractivity contribution in [2.24, 2.45) is 0 Å². The van der Waals surface area contributed by atoms with Crippen molar-refractivity contribution in [2.45, 2.75) is 92.8 Å². The summed E-state index contributed by atoms with van der Waals surface area (Å²) in [6, 6.07) is 0. The first-order chi connectivity index (χ1) is 7.69. The van der Waals surface area contributed by atoms with E-state index >= 15 is 0 Å². The van der Waals surface area contributed by atoms with Gasteiger partial charge in [0, 0.05) is 11.1 Å². The van der Waals surface area contributed by atoms with Crippen LogP contribution in [0, 0.1) is 0 Å². The maximum Gasteiger partial charge on any atom is 0.105 e. The predicted octanol–water partition coefficient (Wildman–Crippen LogP) is 4.95. The first-order valence-corrected chi connectivity index (χ1v) is 6.83. The summed E-state index contributed by atoms with van der Waals surface area (Å²) in [6.45, 7) is 23.8. The lowest BCUT2D eigenvalue weighted by Gasteiger charge is -2.48. The van der Waals surface area contributed by atoms with Gasteiger partial charge in [-0.05, 0) is 81.7 Å². The van der Waals surface area contributed by atoms with Crippen molar-refractivity contribution in [3.8, 4) is 0 Å². The summed E-state index contributed by atoms with van der Waals surface area (Å²) in [4.78, 5) is 6.37. The van der Waals surface area contributed by atoms with Crippen LogP contribution in [0.15, 0.2) is 11.1 Å². The van der Waals surface area contributed by atoms with Crippen LogP contribution in [-0.2, 0) is 4.84 Å². The second kappa shape index (κ2) is 5.34. The lowest BCUT2D eigenvalue weighted by Crippen LogP contribution is -2.55. The molecule has 2 heteroatoms. The van der Waals surface area contributed by atoms with Crippen molar-refractivity contribution in [3.05, 3.63) is 11.1 Å². The minimum atomic E-state index is -0.278. The molecule has 0 saturated heterocycles. The van der Waals surface area contributed by atoms with Crippen molar-refractivity contribution in [2.75, 3.05) is 0 Å². The fourth-order valence-corrected chi connectivity index (χ4v) is 2.18. The van der Waals surface area contributed by atoms with Crippen LogP contribution in [0.2, 0.25) is 0 Å². The third kappa shape index (κ3) is 4.74. The normalized spacial score (nSPS) is 14.0. The van der Waals surface area contributed by atoms with Crippen molar-refractivity contribution >= 4 is 0 Å². The van der Waals surface area contributed by atoms with E-state index in [9.17, 15) is 0 Å². The molecule has 0 aromatic heterocycles. The summed E-state index contributed by atoms with van der Waals surface area (Å²) in [5, 5.41) is 2.12. The van der Waals surface area contributed by atoms with Crippen molar-refractivity contribution in [3.63, 3.8) is 0 Å². The standard InChI is InChI=1S/C16H33NO/c1-12(2)13(3)16(10,11)18-17(14(4,5)6)15(7,8)9/h1-11H3. The van der Waals surface area contributed by atoms with Crippen molar-refractivity contribution < 1.29 is 4.84 Å². The molecule has 0 saturated carbocycles. The third-order valence-electron chi connectivity index (χ3n) is 3.19. The Hall–Kier alpha value is -0.340. The van der Waals surface area contributed by atoms with E-state index < -0.39 is 0 Å². The van der Waals surface area contributed by atoms with Gasteiger partial charge < -0.3 is 0 Å². The molecule has 0 unspecified atom stereocenters. The van der Waals surface area contributed by atoms with Gasteiger partial charge in [-0.15, -0.1) is 0 Å². The zero-order chi connectivity index (χ0) is 14.9. The first kappa shape index (κ1) is 17.7. The fraction of sp³-hybridized carbons (Fsp3) is 0.875. The minimum absolute atomic E-state index is 0.0303. The SMILES string of the molecule is CC(C)=C(C)C(C)(C)ON(C(C)(C)C)C(C)(C)C. The zero-order valence-electron chi connectivity index (χ0n) is 14.4. The number of allylic oxidation sites excluding steroid dienone is 1. The van der Waals surface area contributed by atoms with E-state index in [0.717, 1.165) is 0 Å². The van der Waals surface area contributed by atoms with Gasteiger partial charge in [0.05, 0.1) is 0 Å². The van der Waals surface area contributed by atoms with Gasteiger partial charge in [0.2, 0.25) is 0 Å². The van der Waals surface area contributed by atoms with Crippen LogP contribution >= 0.6 is 0 Å². The van der Waals surface area contributed by atoms with E-state index in [4.69, 9.17) is 4.84 Å². The van der Waals surface area contributed by atoms with Gasteiger partial charge in [-0.3, -0.25) is 4.84 Å². The van der Waals surface area contributed by atoms with Gasteiger partial charge in [0.15, 0.2) is 0 Å². The molecule has 0 aliphatic heterocycles. The van der Waals surface area contributed by atoms with Crippen molar-refractivity contribution in [1.82, 2.24) is 5.06 Å². The number of rotatable bonds is 3. The molecule has 0 atom stereocenters. The minimum Gasteiger partial charge on any atom is -0.288 e. The smallest absolute Gasteiger partial charge is 0.105 e. The molecule has 108 valence electrons. The average Bonchev–Trinajstić information content (AvgIpc) is 2.09. The molecule has 0 aliphatic rings. The fourth-order valence-electron chi connectivity index (χ4n) is 2.18. The average molecular weight is 255 g/mol. The first-order valence-electron chi connectivity index (χ1n) is 6.83. The Kier molecular flexibility index (Phi) is 5.24. The molecule has 0 fully saturated rings. The molecule has 0 aromatic rings. The van der Waals surface area contributed by atoms with Crippen LogP contribution in [0.1, 0.15) is 76.2 Å². The lowest BCUT2D eigenvalue weighted by molar-refractivity contribution is -0.301. The highest BCUT2D eigenvalue weighted by Crippen LogP contribution is 2.32. The maximum absolute atomic E-state index is 6.37. The van der Waals surface area contributed by atoms with Gasteiger partial charge >= 0.3 is 0 Å². The van der Waals surface area contributed by atoms with Crippen LogP contribution in [0.4, 0.5) is 0 Å². The maximum atomic E-state index is 6.37. The van der Waals surface area contributed by atoms with Gasteiger partial charge in [-0.1, -0.05) is 5.57 Å². The molecular weight excluding hydrogens is 222 g/mol. The highest BCUT2D eigenvalue weighted by atomic mass is 16.7. The lowest BCUT2D eigenvalue weighted by atomic mass is 9.95. The van der Waals surface area contributed by atoms with Gasteiger partial charge in [-0.25, -0.2) is 0 Å². The number of hydroxylamine groups is 2.